The van der Waals surface area contributed by atoms with E-state index in [0.29, 0.717) is 5.56 Å². The fourth-order valence-corrected chi connectivity index (χ4v) is 1.66. The minimum atomic E-state index is 0.643. The lowest BCUT2D eigenvalue weighted by Gasteiger charge is -2.07. The lowest BCUT2D eigenvalue weighted by Crippen LogP contribution is -2.12. The van der Waals surface area contributed by atoms with Crippen molar-refractivity contribution in [2.45, 2.75) is 13.5 Å². The van der Waals surface area contributed by atoms with Crippen molar-refractivity contribution in [3.63, 3.8) is 0 Å². The summed E-state index contributed by atoms with van der Waals surface area (Å²) in [7, 11) is 0. The van der Waals surface area contributed by atoms with Crippen LogP contribution < -0.4 is 5.32 Å². The molecule has 0 unspecified atom stereocenters. The van der Waals surface area contributed by atoms with Gasteiger partial charge in [-0.2, -0.15) is 10.4 Å². The van der Waals surface area contributed by atoms with E-state index in [-0.39, 0.29) is 0 Å². The quantitative estimate of drug-likeness (QED) is 0.865. The molecular formula is C13H14N4. The van der Waals surface area contributed by atoms with E-state index in [1.165, 1.54) is 0 Å². The molecule has 0 bridgehead atoms. The Hall–Kier alpha value is -2.12. The Morgan fingerprint density at radius 1 is 1.47 bits per heavy atom. The van der Waals surface area contributed by atoms with E-state index in [1.807, 2.05) is 30.5 Å². The molecule has 1 N–H and O–H groups in total. The second-order valence-electron chi connectivity index (χ2n) is 3.69. The van der Waals surface area contributed by atoms with E-state index in [9.17, 15) is 0 Å². The Balaban J connectivity index is 2.33. The fourth-order valence-electron chi connectivity index (χ4n) is 1.66. The zero-order chi connectivity index (χ0) is 12.1. The highest BCUT2D eigenvalue weighted by Gasteiger charge is 2.05. The molecule has 1 heterocycles. The van der Waals surface area contributed by atoms with Gasteiger partial charge in [0, 0.05) is 18.9 Å². The Bertz CT molecular complexity index is 523. The summed E-state index contributed by atoms with van der Waals surface area (Å²) in [6, 6.07) is 9.90. The van der Waals surface area contributed by atoms with Gasteiger partial charge in [-0.3, -0.25) is 0 Å². The van der Waals surface area contributed by atoms with E-state index in [0.717, 1.165) is 24.3 Å². The lowest BCUT2D eigenvalue weighted by molar-refractivity contribution is 0.726. The molecule has 0 atom stereocenters. The number of rotatable bonds is 4. The van der Waals surface area contributed by atoms with Crippen molar-refractivity contribution in [1.29, 1.82) is 5.26 Å². The van der Waals surface area contributed by atoms with Crippen molar-refractivity contribution in [3.8, 4) is 11.8 Å². The van der Waals surface area contributed by atoms with Gasteiger partial charge in [0.15, 0.2) is 0 Å². The molecule has 0 radical (unpaired) electrons. The molecule has 0 aliphatic heterocycles. The van der Waals surface area contributed by atoms with Crippen LogP contribution in [-0.4, -0.2) is 16.3 Å². The van der Waals surface area contributed by atoms with E-state index < -0.39 is 0 Å². The monoisotopic (exact) mass is 226 g/mol. The standard InChI is InChI=1S/C13H14N4/c1-2-15-10-11-4-5-13(12(8-11)9-14)17-7-3-6-16-17/h3-8,15H,2,10H2,1H3. The molecule has 4 heteroatoms. The van der Waals surface area contributed by atoms with E-state index in [4.69, 9.17) is 5.26 Å². The van der Waals surface area contributed by atoms with Gasteiger partial charge in [-0.15, -0.1) is 0 Å². The van der Waals surface area contributed by atoms with E-state index >= 15 is 0 Å². The maximum atomic E-state index is 9.16. The highest BCUT2D eigenvalue weighted by molar-refractivity contribution is 5.50. The second-order valence-corrected chi connectivity index (χ2v) is 3.69. The third-order valence-electron chi connectivity index (χ3n) is 2.51. The predicted molar refractivity (Wildman–Crippen MR) is 65.7 cm³/mol. The molecule has 1 aromatic carbocycles. The predicted octanol–water partition coefficient (Wildman–Crippen LogP) is 1.85. The van der Waals surface area contributed by atoms with Gasteiger partial charge >= 0.3 is 0 Å². The first-order chi connectivity index (χ1) is 8.35. The van der Waals surface area contributed by atoms with Crippen LogP contribution in [0.2, 0.25) is 0 Å². The first-order valence-corrected chi connectivity index (χ1v) is 5.59. The van der Waals surface area contributed by atoms with E-state index in [1.54, 1.807) is 10.9 Å². The zero-order valence-corrected chi connectivity index (χ0v) is 9.72. The van der Waals surface area contributed by atoms with Gasteiger partial charge in [-0.1, -0.05) is 13.0 Å². The molecule has 4 nitrogen and oxygen atoms in total. The molecule has 0 aliphatic carbocycles. The molecule has 0 amide bonds. The normalized spacial score (nSPS) is 10.1. The summed E-state index contributed by atoms with van der Waals surface area (Å²) >= 11 is 0. The molecule has 0 saturated heterocycles. The zero-order valence-electron chi connectivity index (χ0n) is 9.72. The molecule has 1 aromatic heterocycles. The molecule has 2 rings (SSSR count). The smallest absolute Gasteiger partial charge is 0.101 e. The SMILES string of the molecule is CCNCc1ccc(-n2cccn2)c(C#N)c1. The van der Waals surface area contributed by atoms with Crippen LogP contribution in [0.1, 0.15) is 18.1 Å². The summed E-state index contributed by atoms with van der Waals surface area (Å²) < 4.78 is 1.70. The number of nitrogens with zero attached hydrogens (tertiary/aromatic N) is 3. The van der Waals surface area contributed by atoms with Gasteiger partial charge < -0.3 is 5.32 Å². The second kappa shape index (κ2) is 5.28. The summed E-state index contributed by atoms with van der Waals surface area (Å²) in [5, 5.41) is 16.5. The van der Waals surface area contributed by atoms with Gasteiger partial charge in [0.05, 0.1) is 11.3 Å². The van der Waals surface area contributed by atoms with Crippen LogP contribution in [0.3, 0.4) is 0 Å². The van der Waals surface area contributed by atoms with Crippen molar-refractivity contribution in [2.24, 2.45) is 0 Å². The fraction of sp³-hybridized carbons (Fsp3) is 0.231. The summed E-state index contributed by atoms with van der Waals surface area (Å²) in [5.41, 5.74) is 2.57. The molecular weight excluding hydrogens is 212 g/mol. The number of hydrogen-bond donors (Lipinski definition) is 1. The minimum Gasteiger partial charge on any atom is -0.313 e. The number of hydrogen-bond acceptors (Lipinski definition) is 3. The van der Waals surface area contributed by atoms with Gasteiger partial charge in [-0.25, -0.2) is 4.68 Å². The molecule has 0 aliphatic rings. The average molecular weight is 226 g/mol. The average Bonchev–Trinajstić information content (AvgIpc) is 2.89. The summed E-state index contributed by atoms with van der Waals surface area (Å²) in [6.45, 7) is 3.76. The van der Waals surface area contributed by atoms with Crippen LogP contribution >= 0.6 is 0 Å². The number of benzene rings is 1. The Morgan fingerprint density at radius 3 is 3.00 bits per heavy atom. The number of nitrogens with one attached hydrogen (secondary N) is 1. The Kier molecular flexibility index (Phi) is 3.53. The number of nitriles is 1. The molecule has 2 aromatic rings. The largest absolute Gasteiger partial charge is 0.313 e. The van der Waals surface area contributed by atoms with Crippen molar-refractivity contribution in [2.75, 3.05) is 6.54 Å². The van der Waals surface area contributed by atoms with Crippen LogP contribution in [-0.2, 0) is 6.54 Å². The first kappa shape index (κ1) is 11.4. The number of aromatic nitrogens is 2. The molecule has 86 valence electrons. The summed E-state index contributed by atoms with van der Waals surface area (Å²) in [4.78, 5) is 0. The molecule has 0 fully saturated rings. The summed E-state index contributed by atoms with van der Waals surface area (Å²) in [5.74, 6) is 0. The third-order valence-corrected chi connectivity index (χ3v) is 2.51. The van der Waals surface area contributed by atoms with Crippen molar-refractivity contribution < 1.29 is 0 Å². The van der Waals surface area contributed by atoms with Crippen molar-refractivity contribution in [1.82, 2.24) is 15.1 Å². The Labute approximate surface area is 100 Å². The van der Waals surface area contributed by atoms with Crippen LogP contribution in [0.5, 0.6) is 0 Å². The van der Waals surface area contributed by atoms with Crippen molar-refractivity contribution >= 4 is 0 Å². The van der Waals surface area contributed by atoms with E-state index in [2.05, 4.69) is 23.4 Å². The third kappa shape index (κ3) is 2.52. The molecule has 17 heavy (non-hydrogen) atoms. The van der Waals surface area contributed by atoms with Gasteiger partial charge in [0.25, 0.3) is 0 Å². The highest BCUT2D eigenvalue weighted by Crippen LogP contribution is 2.15. The van der Waals surface area contributed by atoms with Gasteiger partial charge in [0.1, 0.15) is 6.07 Å². The highest BCUT2D eigenvalue weighted by atomic mass is 15.3. The maximum absolute atomic E-state index is 9.16. The van der Waals surface area contributed by atoms with Crippen LogP contribution in [0.25, 0.3) is 5.69 Å². The lowest BCUT2D eigenvalue weighted by atomic mass is 10.1. The molecule has 0 spiro atoms. The Morgan fingerprint density at radius 2 is 2.35 bits per heavy atom. The topological polar surface area (TPSA) is 53.6 Å². The van der Waals surface area contributed by atoms with Crippen LogP contribution in [0.4, 0.5) is 0 Å². The van der Waals surface area contributed by atoms with Crippen LogP contribution in [0.15, 0.2) is 36.7 Å². The van der Waals surface area contributed by atoms with Crippen LogP contribution in [0, 0.1) is 11.3 Å². The van der Waals surface area contributed by atoms with Crippen molar-refractivity contribution in [3.05, 3.63) is 47.8 Å². The van der Waals surface area contributed by atoms with Gasteiger partial charge in [0.2, 0.25) is 0 Å². The maximum Gasteiger partial charge on any atom is 0.101 e. The van der Waals surface area contributed by atoms with Gasteiger partial charge in [-0.05, 0) is 30.3 Å². The first-order valence-electron chi connectivity index (χ1n) is 5.59. The summed E-state index contributed by atoms with van der Waals surface area (Å²) in [6.07, 6.45) is 3.54. The minimum absolute atomic E-state index is 0.643. The molecule has 0 saturated carbocycles.